The normalized spacial score (nSPS) is 39.6. The van der Waals surface area contributed by atoms with Crippen molar-refractivity contribution in [3.63, 3.8) is 0 Å². The predicted molar refractivity (Wildman–Crippen MR) is 60.1 cm³/mol. The van der Waals surface area contributed by atoms with E-state index >= 15 is 0 Å². The minimum atomic E-state index is -1.47. The summed E-state index contributed by atoms with van der Waals surface area (Å²) >= 11 is 0. The van der Waals surface area contributed by atoms with E-state index in [1.165, 1.54) is 7.11 Å². The maximum atomic E-state index is 14.2. The lowest BCUT2D eigenvalue weighted by atomic mass is 9.93. The van der Waals surface area contributed by atoms with Gasteiger partial charge < -0.3 is 9.47 Å². The smallest absolute Gasteiger partial charge is 0.223 e. The average molecular weight is 231 g/mol. The second-order valence-corrected chi connectivity index (χ2v) is 5.37. The molecule has 3 nitrogen and oxygen atoms in total. The van der Waals surface area contributed by atoms with Crippen LogP contribution in [0.15, 0.2) is 0 Å². The summed E-state index contributed by atoms with van der Waals surface area (Å²) in [5.41, 5.74) is -0.116. The number of fused-ring (bicyclic) bond motifs is 1. The van der Waals surface area contributed by atoms with Crippen LogP contribution in [0.2, 0.25) is 0 Å². The Labute approximate surface area is 96.9 Å². The molecule has 0 bridgehead atoms. The van der Waals surface area contributed by atoms with Crippen molar-refractivity contribution in [2.45, 2.75) is 50.6 Å². The van der Waals surface area contributed by atoms with Crippen LogP contribution in [0.1, 0.15) is 33.1 Å². The van der Waals surface area contributed by atoms with Crippen molar-refractivity contribution >= 4 is 0 Å². The summed E-state index contributed by atoms with van der Waals surface area (Å²) in [7, 11) is 1.46. The molecule has 0 spiro atoms. The number of hydrogen-bond donors (Lipinski definition) is 0. The van der Waals surface area contributed by atoms with Crippen molar-refractivity contribution in [3.8, 4) is 0 Å². The fourth-order valence-corrected chi connectivity index (χ4v) is 2.95. The van der Waals surface area contributed by atoms with Crippen LogP contribution in [0.4, 0.5) is 4.39 Å². The summed E-state index contributed by atoms with van der Waals surface area (Å²) in [6.07, 6.45) is 2.81. The van der Waals surface area contributed by atoms with Gasteiger partial charge in [0, 0.05) is 13.5 Å². The van der Waals surface area contributed by atoms with Crippen molar-refractivity contribution in [2.75, 3.05) is 26.8 Å². The van der Waals surface area contributed by atoms with Gasteiger partial charge >= 0.3 is 0 Å². The zero-order valence-corrected chi connectivity index (χ0v) is 10.5. The number of halogens is 1. The molecule has 2 atom stereocenters. The standard InChI is InChI=1S/C12H22FNO2/c1-10(2)16-9-11-5-4-6-14(11)8-12(13,7-11)15-3/h10H,4-9H2,1-3H3/t11-,12-/m0/s1. The molecule has 0 saturated carbocycles. The quantitative estimate of drug-likeness (QED) is 0.738. The zero-order chi connectivity index (χ0) is 11.8. The second kappa shape index (κ2) is 4.24. The van der Waals surface area contributed by atoms with E-state index in [9.17, 15) is 4.39 Å². The maximum Gasteiger partial charge on any atom is 0.223 e. The highest BCUT2D eigenvalue weighted by atomic mass is 19.2. The summed E-state index contributed by atoms with van der Waals surface area (Å²) < 4.78 is 24.9. The molecule has 94 valence electrons. The molecule has 2 rings (SSSR count). The van der Waals surface area contributed by atoms with Crippen LogP contribution < -0.4 is 0 Å². The molecule has 2 heterocycles. The van der Waals surface area contributed by atoms with Crippen molar-refractivity contribution in [2.24, 2.45) is 0 Å². The first-order chi connectivity index (χ1) is 7.50. The molecule has 2 aliphatic rings. The zero-order valence-electron chi connectivity index (χ0n) is 10.5. The SMILES string of the molecule is CO[C@]1(F)CN2CCC[C@@]2(COC(C)C)C1. The second-order valence-electron chi connectivity index (χ2n) is 5.37. The third-order valence-electron chi connectivity index (χ3n) is 3.81. The fourth-order valence-electron chi connectivity index (χ4n) is 2.95. The van der Waals surface area contributed by atoms with Gasteiger partial charge in [-0.3, -0.25) is 4.90 Å². The van der Waals surface area contributed by atoms with E-state index < -0.39 is 5.85 Å². The number of ether oxygens (including phenoxy) is 2. The van der Waals surface area contributed by atoms with E-state index in [0.29, 0.717) is 19.6 Å². The number of hydrogen-bond acceptors (Lipinski definition) is 3. The Morgan fingerprint density at radius 1 is 1.44 bits per heavy atom. The van der Waals surface area contributed by atoms with E-state index in [1.54, 1.807) is 0 Å². The number of methoxy groups -OCH3 is 1. The van der Waals surface area contributed by atoms with Crippen molar-refractivity contribution in [1.29, 1.82) is 0 Å². The van der Waals surface area contributed by atoms with Gasteiger partial charge in [0.2, 0.25) is 5.85 Å². The lowest BCUT2D eigenvalue weighted by molar-refractivity contribution is -0.113. The molecule has 2 fully saturated rings. The Balaban J connectivity index is 2.05. The molecule has 0 unspecified atom stereocenters. The van der Waals surface area contributed by atoms with E-state index in [0.717, 1.165) is 19.4 Å². The van der Waals surface area contributed by atoms with Crippen molar-refractivity contribution in [1.82, 2.24) is 4.90 Å². The summed E-state index contributed by atoms with van der Waals surface area (Å²) in [5.74, 6) is -1.47. The highest BCUT2D eigenvalue weighted by Gasteiger charge is 2.56. The van der Waals surface area contributed by atoms with Crippen LogP contribution in [0.25, 0.3) is 0 Å². The Bertz CT molecular complexity index is 261. The van der Waals surface area contributed by atoms with Gasteiger partial charge in [0.25, 0.3) is 0 Å². The van der Waals surface area contributed by atoms with Gasteiger partial charge in [-0.25, -0.2) is 4.39 Å². The van der Waals surface area contributed by atoms with Gasteiger partial charge in [0.1, 0.15) is 0 Å². The third-order valence-corrected chi connectivity index (χ3v) is 3.81. The van der Waals surface area contributed by atoms with Gasteiger partial charge in [-0.2, -0.15) is 0 Å². The molecule has 0 amide bonds. The molecule has 0 radical (unpaired) electrons. The molecule has 4 heteroatoms. The van der Waals surface area contributed by atoms with Crippen LogP contribution in [-0.2, 0) is 9.47 Å². The van der Waals surface area contributed by atoms with E-state index in [4.69, 9.17) is 9.47 Å². The van der Waals surface area contributed by atoms with Crippen molar-refractivity contribution in [3.05, 3.63) is 0 Å². The highest BCUT2D eigenvalue weighted by molar-refractivity contribution is 5.06. The van der Waals surface area contributed by atoms with Crippen LogP contribution in [-0.4, -0.2) is 49.2 Å². The number of nitrogens with zero attached hydrogens (tertiary/aromatic N) is 1. The lowest BCUT2D eigenvalue weighted by Crippen LogP contribution is -2.43. The van der Waals surface area contributed by atoms with Crippen LogP contribution in [0.3, 0.4) is 0 Å². The van der Waals surface area contributed by atoms with Gasteiger partial charge in [-0.05, 0) is 33.2 Å². The first-order valence-corrected chi connectivity index (χ1v) is 6.10. The molecular weight excluding hydrogens is 209 g/mol. The molecule has 0 aromatic rings. The van der Waals surface area contributed by atoms with Gasteiger partial charge in [0.05, 0.1) is 24.8 Å². The first-order valence-electron chi connectivity index (χ1n) is 6.10. The minimum Gasteiger partial charge on any atom is -0.377 e. The molecule has 16 heavy (non-hydrogen) atoms. The van der Waals surface area contributed by atoms with Crippen LogP contribution in [0, 0.1) is 0 Å². The average Bonchev–Trinajstić information content (AvgIpc) is 2.69. The Morgan fingerprint density at radius 3 is 2.81 bits per heavy atom. The van der Waals surface area contributed by atoms with E-state index in [2.05, 4.69) is 4.90 Å². The molecule has 2 saturated heterocycles. The number of rotatable bonds is 4. The molecule has 0 aromatic heterocycles. The summed E-state index contributed by atoms with van der Waals surface area (Å²) in [5, 5.41) is 0. The fraction of sp³-hybridized carbons (Fsp3) is 1.00. The lowest BCUT2D eigenvalue weighted by Gasteiger charge is -2.31. The van der Waals surface area contributed by atoms with Crippen molar-refractivity contribution < 1.29 is 13.9 Å². The largest absolute Gasteiger partial charge is 0.377 e. The van der Waals surface area contributed by atoms with Crippen LogP contribution >= 0.6 is 0 Å². The first kappa shape index (κ1) is 12.3. The monoisotopic (exact) mass is 231 g/mol. The topological polar surface area (TPSA) is 21.7 Å². The predicted octanol–water partition coefficient (Wildman–Crippen LogP) is 1.96. The Kier molecular flexibility index (Phi) is 3.25. The third kappa shape index (κ3) is 2.11. The minimum absolute atomic E-state index is 0.116. The molecule has 0 N–H and O–H groups in total. The summed E-state index contributed by atoms with van der Waals surface area (Å²) in [4.78, 5) is 2.21. The van der Waals surface area contributed by atoms with E-state index in [-0.39, 0.29) is 11.6 Å². The van der Waals surface area contributed by atoms with Crippen LogP contribution in [0.5, 0.6) is 0 Å². The van der Waals surface area contributed by atoms with Gasteiger partial charge in [-0.15, -0.1) is 0 Å². The Hall–Kier alpha value is -0.190. The Morgan fingerprint density at radius 2 is 2.19 bits per heavy atom. The number of alkyl halides is 1. The molecule has 0 aromatic carbocycles. The van der Waals surface area contributed by atoms with Gasteiger partial charge in [-0.1, -0.05) is 0 Å². The maximum absolute atomic E-state index is 14.2. The molecule has 2 aliphatic heterocycles. The highest BCUT2D eigenvalue weighted by Crippen LogP contribution is 2.45. The molecular formula is C12H22FNO2. The summed E-state index contributed by atoms with van der Waals surface area (Å²) in [6, 6.07) is 0. The van der Waals surface area contributed by atoms with E-state index in [1.807, 2.05) is 13.8 Å². The van der Waals surface area contributed by atoms with Gasteiger partial charge in [0.15, 0.2) is 0 Å². The molecule has 0 aliphatic carbocycles. The summed E-state index contributed by atoms with van der Waals surface area (Å²) in [6.45, 7) is 6.02.